The minimum atomic E-state index is -2.09. The van der Waals surface area contributed by atoms with Gasteiger partial charge in [0, 0.05) is 5.56 Å². The Balaban J connectivity index is 0.00000289. The Morgan fingerprint density at radius 3 is 2.67 bits per heavy atom. The molecule has 0 aliphatic heterocycles. The summed E-state index contributed by atoms with van der Waals surface area (Å²) in [6.07, 6.45) is -2.09. The maximum absolute atomic E-state index is 13.6. The molecule has 18 heavy (non-hydrogen) atoms. The van der Waals surface area contributed by atoms with Crippen molar-refractivity contribution < 1.29 is 24.1 Å². The van der Waals surface area contributed by atoms with Gasteiger partial charge in [-0.3, -0.25) is 0 Å². The lowest BCUT2D eigenvalue weighted by atomic mass is 10.0. The lowest BCUT2D eigenvalue weighted by Crippen LogP contribution is -2.31. The van der Waals surface area contributed by atoms with Crippen molar-refractivity contribution in [3.63, 3.8) is 0 Å². The molecule has 0 radical (unpaired) electrons. The fourth-order valence-electron chi connectivity index (χ4n) is 1.34. The van der Waals surface area contributed by atoms with Crippen LogP contribution in [-0.2, 0) is 9.53 Å². The van der Waals surface area contributed by atoms with Crippen LogP contribution in [0.25, 0.3) is 0 Å². The summed E-state index contributed by atoms with van der Waals surface area (Å²) < 4.78 is 18.1. The summed E-state index contributed by atoms with van der Waals surface area (Å²) in [7, 11) is 0. The van der Waals surface area contributed by atoms with Crippen LogP contribution >= 0.6 is 12.4 Å². The summed E-state index contributed by atoms with van der Waals surface area (Å²) in [5.41, 5.74) is 5.44. The van der Waals surface area contributed by atoms with Gasteiger partial charge in [-0.2, -0.15) is 0 Å². The van der Waals surface area contributed by atoms with Crippen molar-refractivity contribution >= 4 is 18.4 Å². The van der Waals surface area contributed by atoms with Crippen LogP contribution in [0, 0.1) is 0 Å². The van der Waals surface area contributed by atoms with Gasteiger partial charge in [0.05, 0.1) is 12.6 Å². The van der Waals surface area contributed by atoms with E-state index in [2.05, 4.69) is 4.74 Å². The van der Waals surface area contributed by atoms with Gasteiger partial charge in [-0.05, 0) is 13.0 Å². The average molecular weight is 280 g/mol. The van der Waals surface area contributed by atoms with Gasteiger partial charge in [0.25, 0.3) is 0 Å². The lowest BCUT2D eigenvalue weighted by Gasteiger charge is -2.17. The number of rotatable bonds is 4. The van der Waals surface area contributed by atoms with Gasteiger partial charge in [-0.15, -0.1) is 12.4 Å². The maximum Gasteiger partial charge on any atom is 0.342 e. The van der Waals surface area contributed by atoms with Gasteiger partial charge in [-0.25, -0.2) is 9.18 Å². The summed E-state index contributed by atoms with van der Waals surface area (Å²) in [4.78, 5) is 11.1. The van der Waals surface area contributed by atoms with E-state index in [9.17, 15) is 19.4 Å². The van der Waals surface area contributed by atoms with Crippen molar-refractivity contribution in [3.8, 4) is 11.5 Å². The van der Waals surface area contributed by atoms with Gasteiger partial charge >= 0.3 is 5.97 Å². The number of aromatic hydroxyl groups is 2. The lowest BCUT2D eigenvalue weighted by molar-refractivity contribution is -0.149. The number of nitrogens with two attached hydrogens (primary N) is 1. The first kappa shape index (κ1) is 16.5. The number of carbonyl (C=O) groups excluding carboxylic acids is 1. The first-order chi connectivity index (χ1) is 7.99. The van der Waals surface area contributed by atoms with E-state index in [-0.39, 0.29) is 24.6 Å². The number of carbonyl (C=O) groups is 1. The van der Waals surface area contributed by atoms with Crippen LogP contribution in [-0.4, -0.2) is 29.0 Å². The molecule has 0 amide bonds. The highest BCUT2D eigenvalue weighted by Crippen LogP contribution is 2.33. The van der Waals surface area contributed by atoms with E-state index in [0.29, 0.717) is 0 Å². The van der Waals surface area contributed by atoms with Gasteiger partial charge in [0.2, 0.25) is 6.17 Å². The number of alkyl halides is 1. The van der Waals surface area contributed by atoms with Gasteiger partial charge in [0.15, 0.2) is 11.5 Å². The molecule has 0 saturated carbocycles. The van der Waals surface area contributed by atoms with Crippen molar-refractivity contribution in [2.24, 2.45) is 5.73 Å². The van der Waals surface area contributed by atoms with E-state index in [1.807, 2.05) is 0 Å². The Bertz CT molecular complexity index is 416. The number of hydrogen-bond acceptors (Lipinski definition) is 5. The van der Waals surface area contributed by atoms with Crippen LogP contribution in [0.5, 0.6) is 11.5 Å². The van der Waals surface area contributed by atoms with Crippen molar-refractivity contribution in [2.45, 2.75) is 19.1 Å². The van der Waals surface area contributed by atoms with Crippen molar-refractivity contribution in [2.75, 3.05) is 6.61 Å². The molecule has 0 fully saturated rings. The van der Waals surface area contributed by atoms with Crippen molar-refractivity contribution in [1.29, 1.82) is 0 Å². The number of halogens is 2. The first-order valence-electron chi connectivity index (χ1n) is 5.06. The molecular formula is C11H15ClFNO4. The Kier molecular flexibility index (Phi) is 6.43. The quantitative estimate of drug-likeness (QED) is 0.572. The summed E-state index contributed by atoms with van der Waals surface area (Å²) >= 11 is 0. The fraction of sp³-hybridized carbons (Fsp3) is 0.364. The van der Waals surface area contributed by atoms with E-state index in [1.54, 1.807) is 6.92 Å². The molecule has 0 saturated heterocycles. The molecule has 0 spiro atoms. The molecule has 0 aliphatic rings. The molecule has 1 aromatic carbocycles. The molecular weight excluding hydrogens is 265 g/mol. The highest BCUT2D eigenvalue weighted by atomic mass is 35.5. The molecule has 0 bridgehead atoms. The summed E-state index contributed by atoms with van der Waals surface area (Å²) in [6.45, 7) is 1.58. The maximum atomic E-state index is 13.6. The van der Waals surface area contributed by atoms with Gasteiger partial charge < -0.3 is 20.7 Å². The number of para-hydroxylation sites is 1. The molecule has 1 rings (SSSR count). The molecule has 0 aliphatic carbocycles. The second-order valence-corrected chi connectivity index (χ2v) is 3.39. The topological polar surface area (TPSA) is 92.8 Å². The Hall–Kier alpha value is -1.53. The standard InChI is InChI=1S/C11H14FNO4.ClH/c1-2-17-11(16)8(12)9(13)6-4-3-5-7(14)10(6)15;/h3-5,8-9,14-15H,2,13H2,1H3;1H/t8?,9-;/m0./s1. The van der Waals surface area contributed by atoms with Crippen molar-refractivity contribution in [1.82, 2.24) is 0 Å². The van der Waals surface area contributed by atoms with Crippen LogP contribution in [0.1, 0.15) is 18.5 Å². The number of esters is 1. The average Bonchev–Trinajstić information content (AvgIpc) is 2.31. The predicted molar refractivity (Wildman–Crippen MR) is 65.5 cm³/mol. The van der Waals surface area contributed by atoms with E-state index in [4.69, 9.17) is 5.73 Å². The number of phenolic OH excluding ortho intramolecular Hbond substituents is 2. The molecule has 0 aromatic heterocycles. The predicted octanol–water partition coefficient (Wildman–Crippen LogP) is 1.42. The van der Waals surface area contributed by atoms with E-state index in [1.165, 1.54) is 18.2 Å². The Morgan fingerprint density at radius 2 is 2.11 bits per heavy atom. The van der Waals surface area contributed by atoms with Crippen LogP contribution in [0.4, 0.5) is 4.39 Å². The van der Waals surface area contributed by atoms with Crippen LogP contribution in [0.3, 0.4) is 0 Å². The van der Waals surface area contributed by atoms with E-state index in [0.717, 1.165) is 0 Å². The molecule has 102 valence electrons. The third-order valence-corrected chi connectivity index (χ3v) is 2.23. The highest BCUT2D eigenvalue weighted by Gasteiger charge is 2.30. The zero-order chi connectivity index (χ0) is 13.0. The largest absolute Gasteiger partial charge is 0.504 e. The molecule has 7 heteroatoms. The molecule has 5 nitrogen and oxygen atoms in total. The normalized spacial score (nSPS) is 13.3. The zero-order valence-corrected chi connectivity index (χ0v) is 10.5. The Morgan fingerprint density at radius 1 is 1.50 bits per heavy atom. The van der Waals surface area contributed by atoms with E-state index < -0.39 is 29.7 Å². The van der Waals surface area contributed by atoms with Crippen LogP contribution < -0.4 is 5.73 Å². The van der Waals surface area contributed by atoms with Crippen LogP contribution in [0.15, 0.2) is 18.2 Å². The number of hydrogen-bond donors (Lipinski definition) is 3. The summed E-state index contributed by atoms with van der Waals surface area (Å²) in [5, 5.41) is 18.7. The molecule has 1 unspecified atom stereocenters. The molecule has 2 atom stereocenters. The monoisotopic (exact) mass is 279 g/mol. The highest BCUT2D eigenvalue weighted by molar-refractivity contribution is 5.85. The third-order valence-electron chi connectivity index (χ3n) is 2.23. The number of benzene rings is 1. The second kappa shape index (κ2) is 7.03. The minimum Gasteiger partial charge on any atom is -0.504 e. The zero-order valence-electron chi connectivity index (χ0n) is 9.67. The molecule has 0 heterocycles. The second-order valence-electron chi connectivity index (χ2n) is 3.39. The minimum absolute atomic E-state index is 0. The summed E-state index contributed by atoms with van der Waals surface area (Å²) in [5.74, 6) is -2.05. The summed E-state index contributed by atoms with van der Waals surface area (Å²) in [6, 6.07) is 2.55. The first-order valence-corrected chi connectivity index (χ1v) is 5.06. The van der Waals surface area contributed by atoms with Crippen LogP contribution in [0.2, 0.25) is 0 Å². The van der Waals surface area contributed by atoms with E-state index >= 15 is 0 Å². The number of phenols is 2. The van der Waals surface area contributed by atoms with Gasteiger partial charge in [-0.1, -0.05) is 12.1 Å². The molecule has 4 N–H and O–H groups in total. The number of ether oxygens (including phenoxy) is 1. The fourth-order valence-corrected chi connectivity index (χ4v) is 1.34. The van der Waals surface area contributed by atoms with Gasteiger partial charge in [0.1, 0.15) is 0 Å². The SMILES string of the molecule is CCOC(=O)C(F)[C@@H](N)c1cccc(O)c1O.Cl. The van der Waals surface area contributed by atoms with Crippen molar-refractivity contribution in [3.05, 3.63) is 23.8 Å². The third kappa shape index (κ3) is 3.48. The Labute approximate surface area is 110 Å². The smallest absolute Gasteiger partial charge is 0.342 e. The molecule has 1 aromatic rings.